The van der Waals surface area contributed by atoms with E-state index in [2.05, 4.69) is 20.9 Å². The number of aromatic nitrogens is 2. The van der Waals surface area contributed by atoms with Gasteiger partial charge in [-0.2, -0.15) is 0 Å². The topological polar surface area (TPSA) is 64.0 Å². The van der Waals surface area contributed by atoms with E-state index in [0.717, 1.165) is 40.5 Å². The van der Waals surface area contributed by atoms with Gasteiger partial charge in [0.2, 0.25) is 0 Å². The Kier molecular flexibility index (Phi) is 4.51. The lowest BCUT2D eigenvalue weighted by molar-refractivity contribution is 0.0948. The third-order valence-corrected chi connectivity index (χ3v) is 6.70. The van der Waals surface area contributed by atoms with Gasteiger partial charge in [0.15, 0.2) is 5.43 Å². The molecule has 1 fully saturated rings. The lowest BCUT2D eigenvalue weighted by atomic mass is 10.0. The van der Waals surface area contributed by atoms with Gasteiger partial charge < -0.3 is 9.88 Å². The lowest BCUT2D eigenvalue weighted by Gasteiger charge is -2.20. The molecule has 1 aromatic carbocycles. The van der Waals surface area contributed by atoms with Crippen LogP contribution in [-0.4, -0.2) is 21.5 Å². The summed E-state index contributed by atoms with van der Waals surface area (Å²) in [6, 6.07) is 15.8. The van der Waals surface area contributed by atoms with Crippen molar-refractivity contribution in [1.82, 2.24) is 14.9 Å². The van der Waals surface area contributed by atoms with Gasteiger partial charge in [0.25, 0.3) is 5.91 Å². The predicted octanol–water partition coefficient (Wildman–Crippen LogP) is 3.82. The highest BCUT2D eigenvalue weighted by atomic mass is 32.2. The number of rotatable bonds is 3. The van der Waals surface area contributed by atoms with E-state index in [9.17, 15) is 9.59 Å². The largest absolute Gasteiger partial charge is 0.349 e. The Labute approximate surface area is 173 Å². The zero-order valence-corrected chi connectivity index (χ0v) is 16.9. The van der Waals surface area contributed by atoms with Crippen molar-refractivity contribution < 1.29 is 4.79 Å². The average Bonchev–Trinajstić information content (AvgIpc) is 3.54. The molecule has 0 spiro atoms. The Bertz CT molecular complexity index is 1150. The van der Waals surface area contributed by atoms with Gasteiger partial charge in [-0.1, -0.05) is 18.2 Å². The van der Waals surface area contributed by atoms with E-state index in [1.54, 1.807) is 24.0 Å². The van der Waals surface area contributed by atoms with Crippen LogP contribution >= 0.6 is 11.8 Å². The van der Waals surface area contributed by atoms with Crippen molar-refractivity contribution in [3.05, 3.63) is 87.6 Å². The highest BCUT2D eigenvalue weighted by Gasteiger charge is 2.31. The number of pyridine rings is 2. The first kappa shape index (κ1) is 18.2. The lowest BCUT2D eigenvalue weighted by Crippen LogP contribution is -2.33. The monoisotopic (exact) mass is 403 g/mol. The smallest absolute Gasteiger partial charge is 0.257 e. The maximum Gasteiger partial charge on any atom is 0.257 e. The van der Waals surface area contributed by atoms with E-state index < -0.39 is 0 Å². The summed E-state index contributed by atoms with van der Waals surface area (Å²) in [7, 11) is 0. The van der Waals surface area contributed by atoms with Crippen molar-refractivity contribution in [3.8, 4) is 5.69 Å². The standard InChI is InChI=1S/C23H21N3O2S/c1-14-12-19(27)22(23(28)25-15-9-10-15)18-13-21(16-6-4-5-11-24-16)29-20-8-3-2-7-17(20)26(14)18/h2-8,11-12,15,21H,9-10,13H2,1H3,(H,25,28)/t21-/m1/s1. The van der Waals surface area contributed by atoms with Crippen molar-refractivity contribution >= 4 is 17.7 Å². The molecule has 1 N–H and O–H groups in total. The highest BCUT2D eigenvalue weighted by Crippen LogP contribution is 2.43. The molecule has 3 aromatic rings. The Morgan fingerprint density at radius 3 is 2.72 bits per heavy atom. The van der Waals surface area contributed by atoms with E-state index in [0.29, 0.717) is 6.42 Å². The van der Waals surface area contributed by atoms with Crippen molar-refractivity contribution in [2.45, 2.75) is 42.4 Å². The van der Waals surface area contributed by atoms with Gasteiger partial charge in [0.05, 0.1) is 16.6 Å². The first-order valence-corrected chi connectivity index (χ1v) is 10.7. The second-order valence-electron chi connectivity index (χ2n) is 7.59. The second-order valence-corrected chi connectivity index (χ2v) is 8.83. The molecule has 0 unspecified atom stereocenters. The Morgan fingerprint density at radius 1 is 1.17 bits per heavy atom. The molecule has 2 aliphatic rings. The molecule has 29 heavy (non-hydrogen) atoms. The fourth-order valence-corrected chi connectivity index (χ4v) is 5.14. The van der Waals surface area contributed by atoms with Gasteiger partial charge in [0.1, 0.15) is 5.56 Å². The molecule has 1 aliphatic carbocycles. The van der Waals surface area contributed by atoms with Crippen LogP contribution in [0.15, 0.2) is 64.4 Å². The minimum absolute atomic E-state index is 0.0137. The quantitative estimate of drug-likeness (QED) is 0.722. The number of thioether (sulfide) groups is 1. The number of hydrogen-bond acceptors (Lipinski definition) is 4. The molecule has 0 bridgehead atoms. The normalized spacial score (nSPS) is 17.8. The number of benzene rings is 1. The molecule has 1 aliphatic heterocycles. The zero-order valence-electron chi connectivity index (χ0n) is 16.1. The van der Waals surface area contributed by atoms with E-state index in [1.165, 1.54) is 0 Å². The molecule has 1 amide bonds. The third-order valence-electron chi connectivity index (χ3n) is 5.41. The molecule has 2 aromatic heterocycles. The van der Waals surface area contributed by atoms with Crippen molar-refractivity contribution in [2.75, 3.05) is 0 Å². The van der Waals surface area contributed by atoms with Crippen LogP contribution in [0.25, 0.3) is 5.69 Å². The summed E-state index contributed by atoms with van der Waals surface area (Å²) in [5.41, 5.74) is 3.60. The van der Waals surface area contributed by atoms with Gasteiger partial charge in [-0.25, -0.2) is 0 Å². The molecule has 6 heteroatoms. The number of para-hydroxylation sites is 1. The second kappa shape index (κ2) is 7.19. The van der Waals surface area contributed by atoms with Crippen LogP contribution < -0.4 is 10.7 Å². The number of amides is 1. The van der Waals surface area contributed by atoms with Crippen molar-refractivity contribution in [3.63, 3.8) is 0 Å². The average molecular weight is 404 g/mol. The molecule has 0 saturated heterocycles. The molecule has 5 rings (SSSR count). The van der Waals surface area contributed by atoms with Crippen LogP contribution in [0.4, 0.5) is 0 Å². The molecule has 0 radical (unpaired) electrons. The fraction of sp³-hybridized carbons (Fsp3) is 0.261. The van der Waals surface area contributed by atoms with Crippen molar-refractivity contribution in [1.29, 1.82) is 0 Å². The summed E-state index contributed by atoms with van der Waals surface area (Å²) >= 11 is 1.73. The fourth-order valence-electron chi connectivity index (χ4n) is 3.89. The van der Waals surface area contributed by atoms with Crippen LogP contribution in [0, 0.1) is 6.92 Å². The maximum absolute atomic E-state index is 13.0. The number of aryl methyl sites for hydroxylation is 1. The van der Waals surface area contributed by atoms with Crippen LogP contribution in [-0.2, 0) is 6.42 Å². The van der Waals surface area contributed by atoms with Crippen LogP contribution in [0.3, 0.4) is 0 Å². The third kappa shape index (κ3) is 3.38. The number of nitrogens with zero attached hydrogens (tertiary/aromatic N) is 2. The first-order valence-electron chi connectivity index (χ1n) is 9.85. The molecule has 5 nitrogen and oxygen atoms in total. The SMILES string of the molecule is Cc1cc(=O)c(C(=O)NC2CC2)c2n1-c1ccccc1S[C@@H](c1ccccn1)C2. The summed E-state index contributed by atoms with van der Waals surface area (Å²) in [6.07, 6.45) is 4.31. The summed E-state index contributed by atoms with van der Waals surface area (Å²) < 4.78 is 2.08. The van der Waals surface area contributed by atoms with Crippen molar-refractivity contribution in [2.24, 2.45) is 0 Å². The van der Waals surface area contributed by atoms with E-state index in [1.807, 2.05) is 43.3 Å². The number of fused-ring (bicyclic) bond motifs is 3. The summed E-state index contributed by atoms with van der Waals surface area (Å²) in [6.45, 7) is 1.93. The summed E-state index contributed by atoms with van der Waals surface area (Å²) in [5, 5.41) is 3.02. The van der Waals surface area contributed by atoms with Gasteiger partial charge in [-0.05, 0) is 44.0 Å². The minimum Gasteiger partial charge on any atom is -0.349 e. The molecule has 3 heterocycles. The van der Waals surface area contributed by atoms with Gasteiger partial charge >= 0.3 is 0 Å². The maximum atomic E-state index is 13.0. The van der Waals surface area contributed by atoms with Gasteiger partial charge in [-0.3, -0.25) is 14.6 Å². The molecule has 1 atom stereocenters. The van der Waals surface area contributed by atoms with E-state index in [-0.39, 0.29) is 28.2 Å². The number of carbonyl (C=O) groups excluding carboxylic acids is 1. The summed E-state index contributed by atoms with van der Waals surface area (Å²) in [4.78, 5) is 31.6. The zero-order chi connectivity index (χ0) is 20.0. The first-order chi connectivity index (χ1) is 14.1. The van der Waals surface area contributed by atoms with Crippen LogP contribution in [0.2, 0.25) is 0 Å². The van der Waals surface area contributed by atoms with E-state index in [4.69, 9.17) is 0 Å². The van der Waals surface area contributed by atoms with Crippen LogP contribution in [0.5, 0.6) is 0 Å². The molecule has 1 saturated carbocycles. The van der Waals surface area contributed by atoms with Gasteiger partial charge in [0, 0.05) is 41.0 Å². The Morgan fingerprint density at radius 2 is 1.97 bits per heavy atom. The number of nitrogens with one attached hydrogen (secondary N) is 1. The Hall–Kier alpha value is -2.86. The summed E-state index contributed by atoms with van der Waals surface area (Å²) in [5.74, 6) is -0.259. The number of hydrogen-bond donors (Lipinski definition) is 1. The molecule has 146 valence electrons. The van der Waals surface area contributed by atoms with E-state index >= 15 is 0 Å². The number of carbonyl (C=O) groups is 1. The predicted molar refractivity (Wildman–Crippen MR) is 114 cm³/mol. The van der Waals surface area contributed by atoms with Crippen LogP contribution in [0.1, 0.15) is 45.5 Å². The molecular formula is C23H21N3O2S. The Balaban J connectivity index is 1.74. The highest BCUT2D eigenvalue weighted by molar-refractivity contribution is 7.99. The minimum atomic E-state index is -0.259. The van der Waals surface area contributed by atoms with Gasteiger partial charge in [-0.15, -0.1) is 11.8 Å². The molecular weight excluding hydrogens is 382 g/mol.